The number of nitrogens with one attached hydrogen (secondary N) is 2. The molecule has 0 aliphatic heterocycles. The summed E-state index contributed by atoms with van der Waals surface area (Å²) in [5.41, 5.74) is 1.69. The fourth-order valence-electron chi connectivity index (χ4n) is 2.27. The van der Waals surface area contributed by atoms with Gasteiger partial charge in [0.2, 0.25) is 0 Å². The van der Waals surface area contributed by atoms with Crippen LogP contribution in [0.25, 0.3) is 0 Å². The van der Waals surface area contributed by atoms with Crippen molar-refractivity contribution >= 4 is 23.0 Å². The van der Waals surface area contributed by atoms with Crippen molar-refractivity contribution in [3.8, 4) is 5.75 Å². The Kier molecular flexibility index (Phi) is 5.07. The Morgan fingerprint density at radius 1 is 0.962 bits per heavy atom. The second-order valence-electron chi connectivity index (χ2n) is 5.37. The molecule has 0 spiro atoms. The molecule has 3 aromatic rings. The Balaban J connectivity index is 1.75. The number of carbonyl (C=O) groups excluding carboxylic acids is 1. The maximum Gasteiger partial charge on any atom is 0.274 e. The lowest BCUT2D eigenvalue weighted by atomic mass is 10.2. The van der Waals surface area contributed by atoms with Crippen LogP contribution in [-0.4, -0.2) is 18.0 Å². The predicted molar refractivity (Wildman–Crippen MR) is 94.8 cm³/mol. The maximum absolute atomic E-state index is 13.2. The van der Waals surface area contributed by atoms with Gasteiger partial charge in [0.05, 0.1) is 7.11 Å². The Bertz CT molecular complexity index is 948. The molecule has 0 bridgehead atoms. The molecule has 2 aromatic carbocycles. The first kappa shape index (κ1) is 17.3. The van der Waals surface area contributed by atoms with Crippen LogP contribution in [-0.2, 0) is 0 Å². The lowest BCUT2D eigenvalue weighted by molar-refractivity contribution is 0.102. The minimum absolute atomic E-state index is 0.127. The van der Waals surface area contributed by atoms with Gasteiger partial charge < -0.3 is 15.4 Å². The number of halogens is 2. The third kappa shape index (κ3) is 4.13. The molecular weight excluding hydrogens is 340 g/mol. The Hall–Kier alpha value is -3.48. The van der Waals surface area contributed by atoms with Gasteiger partial charge in [-0.2, -0.15) is 0 Å². The number of amides is 1. The van der Waals surface area contributed by atoms with Gasteiger partial charge >= 0.3 is 0 Å². The van der Waals surface area contributed by atoms with Crippen LogP contribution in [0.1, 0.15) is 10.5 Å². The van der Waals surface area contributed by atoms with Crippen molar-refractivity contribution in [2.24, 2.45) is 0 Å². The van der Waals surface area contributed by atoms with Gasteiger partial charge in [-0.05, 0) is 36.4 Å². The molecule has 7 heteroatoms. The van der Waals surface area contributed by atoms with Crippen LogP contribution < -0.4 is 15.4 Å². The SMILES string of the molecule is COc1cccc(Nc2ccnc(C(=O)Nc3ccc(F)c(F)c3)c2)c1. The minimum Gasteiger partial charge on any atom is -0.497 e. The zero-order valence-electron chi connectivity index (χ0n) is 13.8. The molecule has 1 aromatic heterocycles. The molecule has 0 atom stereocenters. The third-order valence-corrected chi connectivity index (χ3v) is 3.53. The molecule has 132 valence electrons. The third-order valence-electron chi connectivity index (χ3n) is 3.53. The Morgan fingerprint density at radius 2 is 1.77 bits per heavy atom. The molecule has 0 aliphatic carbocycles. The van der Waals surface area contributed by atoms with Crippen LogP contribution in [0.4, 0.5) is 25.8 Å². The predicted octanol–water partition coefficient (Wildman–Crippen LogP) is 4.36. The van der Waals surface area contributed by atoms with Gasteiger partial charge in [-0.3, -0.25) is 9.78 Å². The van der Waals surface area contributed by atoms with Gasteiger partial charge in [-0.25, -0.2) is 8.78 Å². The maximum atomic E-state index is 13.2. The van der Waals surface area contributed by atoms with E-state index in [4.69, 9.17) is 4.74 Å². The first-order chi connectivity index (χ1) is 12.5. The summed E-state index contributed by atoms with van der Waals surface area (Å²) in [4.78, 5) is 16.3. The lowest BCUT2D eigenvalue weighted by Gasteiger charge is -2.10. The van der Waals surface area contributed by atoms with E-state index in [1.54, 1.807) is 19.2 Å². The van der Waals surface area contributed by atoms with E-state index in [2.05, 4.69) is 15.6 Å². The molecule has 0 fully saturated rings. The van der Waals surface area contributed by atoms with Crippen molar-refractivity contribution in [3.05, 3.63) is 78.1 Å². The second-order valence-corrected chi connectivity index (χ2v) is 5.37. The van der Waals surface area contributed by atoms with Crippen LogP contribution in [0.15, 0.2) is 60.8 Å². The molecule has 0 saturated heterocycles. The summed E-state index contributed by atoms with van der Waals surface area (Å²) in [6.45, 7) is 0. The Labute approximate surface area is 148 Å². The van der Waals surface area contributed by atoms with Crippen molar-refractivity contribution in [2.45, 2.75) is 0 Å². The fraction of sp³-hybridized carbons (Fsp3) is 0.0526. The van der Waals surface area contributed by atoms with Crippen molar-refractivity contribution in [1.82, 2.24) is 4.98 Å². The number of benzene rings is 2. The largest absolute Gasteiger partial charge is 0.497 e. The molecule has 0 saturated carbocycles. The first-order valence-electron chi connectivity index (χ1n) is 7.69. The van der Waals surface area contributed by atoms with Gasteiger partial charge in [0.25, 0.3) is 5.91 Å². The number of hydrogen-bond acceptors (Lipinski definition) is 4. The highest BCUT2D eigenvalue weighted by molar-refractivity contribution is 6.03. The summed E-state index contributed by atoms with van der Waals surface area (Å²) in [6, 6.07) is 13.7. The number of aromatic nitrogens is 1. The minimum atomic E-state index is -1.04. The standard InChI is InChI=1S/C19H15F2N3O2/c1-26-15-4-2-3-12(9-15)23-14-7-8-22-18(11-14)19(25)24-13-5-6-16(20)17(21)10-13/h2-11H,1H3,(H,22,23)(H,24,25). The van der Waals surface area contributed by atoms with E-state index >= 15 is 0 Å². The van der Waals surface area contributed by atoms with Crippen molar-refractivity contribution in [2.75, 3.05) is 17.7 Å². The van der Waals surface area contributed by atoms with E-state index in [0.29, 0.717) is 11.4 Å². The van der Waals surface area contributed by atoms with E-state index in [1.807, 2.05) is 24.3 Å². The van der Waals surface area contributed by atoms with Gasteiger partial charge in [0.15, 0.2) is 11.6 Å². The van der Waals surface area contributed by atoms with Crippen LogP contribution in [0.5, 0.6) is 5.75 Å². The molecule has 2 N–H and O–H groups in total. The zero-order chi connectivity index (χ0) is 18.5. The van der Waals surface area contributed by atoms with Crippen molar-refractivity contribution in [1.29, 1.82) is 0 Å². The molecular formula is C19H15F2N3O2. The number of nitrogens with zero attached hydrogens (tertiary/aromatic N) is 1. The van der Waals surface area contributed by atoms with Crippen LogP contribution in [0.3, 0.4) is 0 Å². The van der Waals surface area contributed by atoms with Crippen LogP contribution in [0, 0.1) is 11.6 Å². The average Bonchev–Trinajstić information content (AvgIpc) is 2.65. The van der Waals surface area contributed by atoms with E-state index in [9.17, 15) is 13.6 Å². The van der Waals surface area contributed by atoms with E-state index in [-0.39, 0.29) is 11.4 Å². The normalized spacial score (nSPS) is 10.3. The number of rotatable bonds is 5. The first-order valence-corrected chi connectivity index (χ1v) is 7.69. The van der Waals surface area contributed by atoms with Gasteiger partial charge in [0.1, 0.15) is 11.4 Å². The number of ether oxygens (including phenoxy) is 1. The van der Waals surface area contributed by atoms with Crippen LogP contribution in [0.2, 0.25) is 0 Å². The van der Waals surface area contributed by atoms with Crippen molar-refractivity contribution in [3.63, 3.8) is 0 Å². The highest BCUT2D eigenvalue weighted by Crippen LogP contribution is 2.22. The van der Waals surface area contributed by atoms with E-state index in [1.165, 1.54) is 12.3 Å². The molecule has 5 nitrogen and oxygen atoms in total. The van der Waals surface area contributed by atoms with E-state index in [0.717, 1.165) is 17.8 Å². The second kappa shape index (κ2) is 7.60. The molecule has 26 heavy (non-hydrogen) atoms. The number of hydrogen-bond donors (Lipinski definition) is 2. The summed E-state index contributed by atoms with van der Waals surface area (Å²) in [6.07, 6.45) is 1.47. The summed E-state index contributed by atoms with van der Waals surface area (Å²) in [7, 11) is 1.58. The fourth-order valence-corrected chi connectivity index (χ4v) is 2.27. The Morgan fingerprint density at radius 3 is 2.54 bits per heavy atom. The summed E-state index contributed by atoms with van der Waals surface area (Å²) in [5, 5.41) is 5.62. The molecule has 0 unspecified atom stereocenters. The summed E-state index contributed by atoms with van der Waals surface area (Å²) >= 11 is 0. The molecule has 0 aliphatic rings. The van der Waals surface area contributed by atoms with Gasteiger partial charge in [0, 0.05) is 35.4 Å². The number of anilines is 3. The monoisotopic (exact) mass is 355 g/mol. The number of pyridine rings is 1. The highest BCUT2D eigenvalue weighted by Gasteiger charge is 2.10. The summed E-state index contributed by atoms with van der Waals surface area (Å²) < 4.78 is 31.4. The van der Waals surface area contributed by atoms with Crippen LogP contribution >= 0.6 is 0 Å². The smallest absolute Gasteiger partial charge is 0.274 e. The molecule has 1 amide bonds. The molecule has 1 heterocycles. The van der Waals surface area contributed by atoms with E-state index < -0.39 is 17.5 Å². The topological polar surface area (TPSA) is 63.2 Å². The average molecular weight is 355 g/mol. The highest BCUT2D eigenvalue weighted by atomic mass is 19.2. The lowest BCUT2D eigenvalue weighted by Crippen LogP contribution is -2.14. The van der Waals surface area contributed by atoms with Gasteiger partial charge in [-0.1, -0.05) is 6.07 Å². The number of methoxy groups -OCH3 is 1. The zero-order valence-corrected chi connectivity index (χ0v) is 13.8. The van der Waals surface area contributed by atoms with Crippen molar-refractivity contribution < 1.29 is 18.3 Å². The molecule has 3 rings (SSSR count). The molecule has 0 radical (unpaired) electrons. The summed E-state index contributed by atoms with van der Waals surface area (Å²) in [5.74, 6) is -1.86. The van der Waals surface area contributed by atoms with Gasteiger partial charge in [-0.15, -0.1) is 0 Å². The number of carbonyl (C=O) groups is 1. The quantitative estimate of drug-likeness (QED) is 0.714.